The van der Waals surface area contributed by atoms with Crippen LogP contribution < -0.4 is 5.32 Å². The molecule has 0 fully saturated rings. The van der Waals surface area contributed by atoms with E-state index in [1.165, 1.54) is 4.90 Å². The van der Waals surface area contributed by atoms with Crippen molar-refractivity contribution in [3.8, 4) is 0 Å². The molecule has 0 aliphatic heterocycles. The van der Waals surface area contributed by atoms with Crippen LogP contribution in [0.1, 0.15) is 13.8 Å². The highest BCUT2D eigenvalue weighted by Gasteiger charge is 2.26. The van der Waals surface area contributed by atoms with E-state index in [-0.39, 0.29) is 32.7 Å². The molecule has 6 N–H and O–H groups in total. The average Bonchev–Trinajstić information content (AvgIpc) is 2.88. The summed E-state index contributed by atoms with van der Waals surface area (Å²) in [5.74, 6) is -7.31. The van der Waals surface area contributed by atoms with E-state index in [1.807, 2.05) is 0 Å². The van der Waals surface area contributed by atoms with Gasteiger partial charge in [0.25, 0.3) is 0 Å². The zero-order valence-electron chi connectivity index (χ0n) is 24.7. The summed E-state index contributed by atoms with van der Waals surface area (Å²) in [7, 11) is -4.70. The molecule has 0 radical (unpaired) electrons. The van der Waals surface area contributed by atoms with Crippen LogP contribution in [0, 0.1) is 0 Å². The summed E-state index contributed by atoms with van der Waals surface area (Å²) in [6, 6.07) is 0. The minimum Gasteiger partial charge on any atom is -0.480 e. The Morgan fingerprint density at radius 1 is 0.667 bits per heavy atom. The Morgan fingerprint density at radius 2 is 1.11 bits per heavy atom. The Morgan fingerprint density at radius 3 is 1.56 bits per heavy atom. The van der Waals surface area contributed by atoms with Crippen molar-refractivity contribution in [1.82, 2.24) is 20.0 Å². The maximum Gasteiger partial charge on any atom is 0.472 e. The van der Waals surface area contributed by atoms with Gasteiger partial charge in [-0.15, -0.1) is 0 Å². The van der Waals surface area contributed by atoms with E-state index in [0.29, 0.717) is 0 Å². The van der Waals surface area contributed by atoms with Gasteiger partial charge >= 0.3 is 43.6 Å². The van der Waals surface area contributed by atoms with Crippen molar-refractivity contribution in [2.45, 2.75) is 20.0 Å². The standard InChI is InChI=1S/C23H39N4O17P/c1-16(28)41-14-18(44-17(2)29)15-43-45(39,40)42-8-3-24-19(30)9-26(11-21(33)34)6-4-25(10-20(31)32)5-7-27(12-22(35)36)13-23(37)38/h18H,3-15H2,1-2H3,(H,24,30)(H,31,32)(H,33,34)(H,35,36)(H,37,38)(H,39,40)/t18-/m0/s1. The van der Waals surface area contributed by atoms with E-state index >= 15 is 0 Å². The number of amides is 1. The Kier molecular flexibility index (Phi) is 20.1. The summed E-state index contributed by atoms with van der Waals surface area (Å²) >= 11 is 0. The second-order valence-electron chi connectivity index (χ2n) is 9.25. The number of phosphoric ester groups is 1. The smallest absolute Gasteiger partial charge is 0.472 e. The minimum absolute atomic E-state index is 0.0774. The van der Waals surface area contributed by atoms with Crippen molar-refractivity contribution >= 4 is 49.5 Å². The summed E-state index contributed by atoms with van der Waals surface area (Å²) in [6.45, 7) is -3.05. The number of carboxylic acids is 4. The number of carboxylic acid groups (broad SMARTS) is 4. The van der Waals surface area contributed by atoms with Gasteiger partial charge in [-0.25, -0.2) is 4.57 Å². The quantitative estimate of drug-likeness (QED) is 0.0302. The highest BCUT2D eigenvalue weighted by molar-refractivity contribution is 7.47. The molecule has 1 amide bonds. The lowest BCUT2D eigenvalue weighted by Gasteiger charge is -2.27. The molecule has 0 bridgehead atoms. The lowest BCUT2D eigenvalue weighted by Crippen LogP contribution is -2.46. The number of nitrogens with zero attached hydrogens (tertiary/aromatic N) is 3. The highest BCUT2D eigenvalue weighted by Crippen LogP contribution is 2.43. The monoisotopic (exact) mass is 674 g/mol. The minimum atomic E-state index is -4.70. The number of hydrogen-bond donors (Lipinski definition) is 6. The Labute approximate surface area is 257 Å². The predicted octanol–water partition coefficient (Wildman–Crippen LogP) is -3.02. The van der Waals surface area contributed by atoms with Crippen molar-refractivity contribution in [1.29, 1.82) is 0 Å². The van der Waals surface area contributed by atoms with Crippen molar-refractivity contribution in [3.05, 3.63) is 0 Å². The number of carbonyl (C=O) groups is 7. The number of hydrogen-bond acceptors (Lipinski definition) is 15. The largest absolute Gasteiger partial charge is 0.480 e. The molecule has 0 aromatic carbocycles. The summed E-state index contributed by atoms with van der Waals surface area (Å²) in [4.78, 5) is 92.4. The van der Waals surface area contributed by atoms with Crippen LogP contribution in [0.15, 0.2) is 0 Å². The van der Waals surface area contributed by atoms with E-state index in [4.69, 9.17) is 24.0 Å². The van der Waals surface area contributed by atoms with Crippen LogP contribution in [0.5, 0.6) is 0 Å². The highest BCUT2D eigenvalue weighted by atomic mass is 31.2. The Hall–Kier alpha value is -3.72. The number of carbonyl (C=O) groups excluding carboxylic acids is 3. The number of aliphatic carboxylic acids is 4. The first-order valence-electron chi connectivity index (χ1n) is 13.1. The van der Waals surface area contributed by atoms with E-state index in [0.717, 1.165) is 23.6 Å². The SMILES string of the molecule is CC(=O)OC[C@@H](COP(=O)(O)OCCNC(=O)CN(CCN(CCN(CC(=O)O)CC(=O)O)CC(=O)O)CC(=O)O)OC(C)=O. The number of rotatable bonds is 26. The van der Waals surface area contributed by atoms with Gasteiger partial charge < -0.3 is 40.1 Å². The van der Waals surface area contributed by atoms with Crippen LogP contribution in [0.4, 0.5) is 0 Å². The van der Waals surface area contributed by atoms with Gasteiger partial charge in [0.2, 0.25) is 5.91 Å². The van der Waals surface area contributed by atoms with Gasteiger partial charge in [0.15, 0.2) is 6.10 Å². The molecule has 1 unspecified atom stereocenters. The summed E-state index contributed by atoms with van der Waals surface area (Å²) < 4.78 is 31.0. The molecule has 0 heterocycles. The molecule has 0 saturated carbocycles. The molecule has 0 saturated heterocycles. The Bertz CT molecular complexity index is 1060. The van der Waals surface area contributed by atoms with Crippen molar-refractivity contribution in [2.75, 3.05) is 85.3 Å². The summed E-state index contributed by atoms with van der Waals surface area (Å²) in [5, 5.41) is 38.7. The predicted molar refractivity (Wildman–Crippen MR) is 147 cm³/mol. The van der Waals surface area contributed by atoms with Gasteiger partial charge in [0.1, 0.15) is 6.61 Å². The van der Waals surface area contributed by atoms with Crippen LogP contribution in [0.3, 0.4) is 0 Å². The first-order valence-corrected chi connectivity index (χ1v) is 14.6. The Balaban J connectivity index is 4.93. The normalized spacial score (nSPS) is 13.2. The van der Waals surface area contributed by atoms with Gasteiger partial charge in [-0.2, -0.15) is 0 Å². The number of esters is 2. The van der Waals surface area contributed by atoms with Gasteiger partial charge in [-0.05, 0) is 0 Å². The molecule has 22 heteroatoms. The first-order chi connectivity index (χ1) is 20.9. The topological polar surface area (TPSA) is 296 Å². The number of nitrogens with one attached hydrogen (secondary N) is 1. The lowest BCUT2D eigenvalue weighted by molar-refractivity contribution is -0.158. The molecule has 0 aliphatic carbocycles. The van der Waals surface area contributed by atoms with Crippen LogP contribution in [-0.2, 0) is 56.6 Å². The fourth-order valence-electron chi connectivity index (χ4n) is 3.41. The molecular weight excluding hydrogens is 635 g/mol. The van der Waals surface area contributed by atoms with E-state index in [9.17, 15) is 53.2 Å². The van der Waals surface area contributed by atoms with Crippen molar-refractivity contribution < 1.29 is 82.0 Å². The van der Waals surface area contributed by atoms with Crippen molar-refractivity contribution in [2.24, 2.45) is 0 Å². The van der Waals surface area contributed by atoms with E-state index in [1.54, 1.807) is 0 Å². The van der Waals surface area contributed by atoms with Gasteiger partial charge in [0.05, 0.1) is 45.9 Å². The lowest BCUT2D eigenvalue weighted by atomic mass is 10.3. The molecule has 0 aromatic rings. The second kappa shape index (κ2) is 21.9. The molecule has 21 nitrogen and oxygen atoms in total. The first kappa shape index (κ1) is 41.3. The number of ether oxygens (including phenoxy) is 2. The molecule has 0 aliphatic rings. The van der Waals surface area contributed by atoms with Crippen LogP contribution in [-0.4, -0.2) is 173 Å². The molecule has 45 heavy (non-hydrogen) atoms. The zero-order chi connectivity index (χ0) is 34.6. The van der Waals surface area contributed by atoms with E-state index in [2.05, 4.69) is 10.1 Å². The molecule has 2 atom stereocenters. The molecule has 258 valence electrons. The van der Waals surface area contributed by atoms with Crippen LogP contribution >= 0.6 is 7.82 Å². The molecular formula is C23H39N4O17P. The van der Waals surface area contributed by atoms with Gasteiger partial charge in [0, 0.05) is 46.6 Å². The summed E-state index contributed by atoms with van der Waals surface area (Å²) in [5.41, 5.74) is 0. The third kappa shape index (κ3) is 24.3. The third-order valence-corrected chi connectivity index (χ3v) is 6.16. The zero-order valence-corrected chi connectivity index (χ0v) is 25.6. The van der Waals surface area contributed by atoms with Crippen LogP contribution in [0.2, 0.25) is 0 Å². The van der Waals surface area contributed by atoms with E-state index < -0.39 is 108 Å². The van der Waals surface area contributed by atoms with Gasteiger partial charge in [-0.3, -0.25) is 57.3 Å². The van der Waals surface area contributed by atoms with Gasteiger partial charge in [-0.1, -0.05) is 0 Å². The van der Waals surface area contributed by atoms with Crippen LogP contribution in [0.25, 0.3) is 0 Å². The average molecular weight is 675 g/mol. The van der Waals surface area contributed by atoms with Crippen molar-refractivity contribution in [3.63, 3.8) is 0 Å². The third-order valence-electron chi connectivity index (χ3n) is 5.17. The molecule has 0 spiro atoms. The molecule has 0 rings (SSSR count). The summed E-state index contributed by atoms with van der Waals surface area (Å²) in [6.07, 6.45) is -1.20. The fraction of sp³-hybridized carbons (Fsp3) is 0.696. The molecule has 0 aromatic heterocycles. The second-order valence-corrected chi connectivity index (χ2v) is 10.7. The maximum atomic E-state index is 12.4. The fourth-order valence-corrected chi connectivity index (χ4v) is 4.17. The maximum absolute atomic E-state index is 12.4. The number of phosphoric acid groups is 1.